The third-order valence-corrected chi connectivity index (χ3v) is 3.39. The fraction of sp³-hybridized carbons (Fsp3) is 0.0588. The molecular formula is C17H13N3O3. The summed E-state index contributed by atoms with van der Waals surface area (Å²) in [6.45, 7) is 1.45. The first-order valence-electron chi connectivity index (χ1n) is 6.95. The number of hydrogen-bond donors (Lipinski definition) is 1. The van der Waals surface area contributed by atoms with Crippen LogP contribution in [0, 0.1) is 0 Å². The topological polar surface area (TPSA) is 80.5 Å². The van der Waals surface area contributed by atoms with Gasteiger partial charge in [-0.3, -0.25) is 18.8 Å². The predicted octanol–water partition coefficient (Wildman–Crippen LogP) is 2.15. The Kier molecular flexibility index (Phi) is 3.72. The third kappa shape index (κ3) is 2.87. The van der Waals surface area contributed by atoms with Crippen molar-refractivity contribution < 1.29 is 9.59 Å². The Balaban J connectivity index is 1.95. The van der Waals surface area contributed by atoms with Gasteiger partial charge in [0.1, 0.15) is 11.2 Å². The second-order valence-corrected chi connectivity index (χ2v) is 5.00. The first-order valence-corrected chi connectivity index (χ1v) is 6.95. The molecule has 0 aliphatic rings. The lowest BCUT2D eigenvalue weighted by molar-refractivity contribution is 0.101. The highest BCUT2D eigenvalue weighted by Crippen LogP contribution is 2.12. The molecule has 23 heavy (non-hydrogen) atoms. The summed E-state index contributed by atoms with van der Waals surface area (Å²) in [5.41, 5.74) is 0.877. The van der Waals surface area contributed by atoms with Crippen molar-refractivity contribution in [3.8, 4) is 0 Å². The van der Waals surface area contributed by atoms with Gasteiger partial charge in [-0.15, -0.1) is 0 Å². The molecule has 0 saturated heterocycles. The number of benzene rings is 1. The third-order valence-electron chi connectivity index (χ3n) is 3.39. The Labute approximate surface area is 131 Å². The molecule has 6 heteroatoms. The highest BCUT2D eigenvalue weighted by Gasteiger charge is 2.13. The van der Waals surface area contributed by atoms with Gasteiger partial charge < -0.3 is 5.32 Å². The molecule has 1 aromatic carbocycles. The summed E-state index contributed by atoms with van der Waals surface area (Å²) in [5, 5.41) is 2.61. The van der Waals surface area contributed by atoms with Crippen molar-refractivity contribution in [1.29, 1.82) is 0 Å². The van der Waals surface area contributed by atoms with E-state index in [9.17, 15) is 14.4 Å². The molecule has 114 valence electrons. The first kappa shape index (κ1) is 14.6. The molecule has 0 unspecified atom stereocenters. The maximum absolute atomic E-state index is 12.3. The number of nitrogens with one attached hydrogen (secondary N) is 1. The molecule has 0 spiro atoms. The molecule has 0 radical (unpaired) electrons. The molecule has 0 aliphatic carbocycles. The van der Waals surface area contributed by atoms with E-state index in [-0.39, 0.29) is 11.3 Å². The number of amides is 1. The average Bonchev–Trinajstić information content (AvgIpc) is 2.55. The highest BCUT2D eigenvalue weighted by molar-refractivity contribution is 6.04. The molecular weight excluding hydrogens is 294 g/mol. The van der Waals surface area contributed by atoms with Gasteiger partial charge in [0.2, 0.25) is 0 Å². The summed E-state index contributed by atoms with van der Waals surface area (Å²) in [4.78, 5) is 40.1. The molecule has 0 saturated carbocycles. The SMILES string of the molecule is CC(=O)c1cccc(NC(=O)c2cnc3ccccn3c2=O)c1. The molecule has 0 fully saturated rings. The number of carbonyl (C=O) groups excluding carboxylic acids is 2. The number of pyridine rings is 1. The van der Waals surface area contributed by atoms with Gasteiger partial charge in [0, 0.05) is 23.6 Å². The van der Waals surface area contributed by atoms with Crippen LogP contribution < -0.4 is 10.9 Å². The van der Waals surface area contributed by atoms with Crippen molar-refractivity contribution in [2.24, 2.45) is 0 Å². The van der Waals surface area contributed by atoms with Crippen LogP contribution in [-0.4, -0.2) is 21.1 Å². The van der Waals surface area contributed by atoms with Crippen LogP contribution in [0.3, 0.4) is 0 Å². The number of Topliss-reactive ketones (excluding diaryl/α,β-unsaturated/α-hetero) is 1. The van der Waals surface area contributed by atoms with Gasteiger partial charge in [-0.1, -0.05) is 18.2 Å². The minimum Gasteiger partial charge on any atom is -0.322 e. The molecule has 0 atom stereocenters. The minimum atomic E-state index is -0.568. The van der Waals surface area contributed by atoms with E-state index in [1.807, 2.05) is 0 Å². The Bertz CT molecular complexity index is 976. The van der Waals surface area contributed by atoms with Crippen LogP contribution >= 0.6 is 0 Å². The molecule has 0 aliphatic heterocycles. The minimum absolute atomic E-state index is 0.0677. The quantitative estimate of drug-likeness (QED) is 0.752. The number of carbonyl (C=O) groups is 2. The lowest BCUT2D eigenvalue weighted by Crippen LogP contribution is -2.26. The number of hydrogen-bond acceptors (Lipinski definition) is 4. The monoisotopic (exact) mass is 307 g/mol. The fourth-order valence-corrected chi connectivity index (χ4v) is 2.20. The van der Waals surface area contributed by atoms with Crippen LogP contribution in [0.5, 0.6) is 0 Å². The smallest absolute Gasteiger partial charge is 0.270 e. The van der Waals surface area contributed by atoms with Crippen LogP contribution in [0.15, 0.2) is 59.7 Å². The number of nitrogens with zero attached hydrogens (tertiary/aromatic N) is 2. The van der Waals surface area contributed by atoms with E-state index in [0.29, 0.717) is 16.9 Å². The molecule has 6 nitrogen and oxygen atoms in total. The normalized spacial score (nSPS) is 10.5. The summed E-state index contributed by atoms with van der Waals surface area (Å²) in [6.07, 6.45) is 2.81. The zero-order valence-electron chi connectivity index (χ0n) is 12.3. The molecule has 3 rings (SSSR count). The second kappa shape index (κ2) is 5.84. The Morgan fingerprint density at radius 1 is 1.13 bits per heavy atom. The molecule has 1 N–H and O–H groups in total. The Morgan fingerprint density at radius 2 is 1.96 bits per heavy atom. The number of rotatable bonds is 3. The van der Waals surface area contributed by atoms with E-state index in [0.717, 1.165) is 0 Å². The van der Waals surface area contributed by atoms with E-state index in [2.05, 4.69) is 10.3 Å². The van der Waals surface area contributed by atoms with Crippen LogP contribution in [0.2, 0.25) is 0 Å². The highest BCUT2D eigenvalue weighted by atomic mass is 16.2. The van der Waals surface area contributed by atoms with Gasteiger partial charge in [-0.05, 0) is 31.2 Å². The zero-order chi connectivity index (χ0) is 16.4. The van der Waals surface area contributed by atoms with E-state index < -0.39 is 11.5 Å². The van der Waals surface area contributed by atoms with Gasteiger partial charge >= 0.3 is 0 Å². The summed E-state index contributed by atoms with van der Waals surface area (Å²) in [5.74, 6) is -0.671. The molecule has 0 bridgehead atoms. The standard InChI is InChI=1S/C17H13N3O3/c1-11(21)12-5-4-6-13(9-12)19-16(22)14-10-18-15-7-2-3-8-20(15)17(14)23/h2-10H,1H3,(H,19,22). The van der Waals surface area contributed by atoms with Gasteiger partial charge in [0.25, 0.3) is 11.5 Å². The fourth-order valence-electron chi connectivity index (χ4n) is 2.20. The van der Waals surface area contributed by atoms with Crippen molar-refractivity contribution in [3.05, 3.63) is 76.3 Å². The average molecular weight is 307 g/mol. The number of ketones is 1. The second-order valence-electron chi connectivity index (χ2n) is 5.00. The predicted molar refractivity (Wildman–Crippen MR) is 85.9 cm³/mol. The molecule has 2 heterocycles. The van der Waals surface area contributed by atoms with Crippen molar-refractivity contribution in [1.82, 2.24) is 9.38 Å². The summed E-state index contributed by atoms with van der Waals surface area (Å²) < 4.78 is 1.31. The van der Waals surface area contributed by atoms with Crippen molar-refractivity contribution >= 4 is 23.0 Å². The molecule has 2 aromatic heterocycles. The summed E-state index contributed by atoms with van der Waals surface area (Å²) in [6, 6.07) is 11.7. The van der Waals surface area contributed by atoms with Crippen molar-refractivity contribution in [2.45, 2.75) is 6.92 Å². The largest absolute Gasteiger partial charge is 0.322 e. The Hall–Kier alpha value is -3.28. The zero-order valence-corrected chi connectivity index (χ0v) is 12.3. The van der Waals surface area contributed by atoms with Gasteiger partial charge in [-0.2, -0.15) is 0 Å². The maximum Gasteiger partial charge on any atom is 0.270 e. The van der Waals surface area contributed by atoms with E-state index in [1.165, 1.54) is 17.5 Å². The van der Waals surface area contributed by atoms with Gasteiger partial charge in [-0.25, -0.2) is 4.98 Å². The van der Waals surface area contributed by atoms with Crippen LogP contribution in [0.4, 0.5) is 5.69 Å². The first-order chi connectivity index (χ1) is 11.1. The van der Waals surface area contributed by atoms with E-state index in [1.54, 1.807) is 48.7 Å². The molecule has 3 aromatic rings. The number of fused-ring (bicyclic) bond motifs is 1. The Morgan fingerprint density at radius 3 is 2.74 bits per heavy atom. The van der Waals surface area contributed by atoms with Gasteiger partial charge in [0.05, 0.1) is 0 Å². The lowest BCUT2D eigenvalue weighted by Gasteiger charge is -2.07. The van der Waals surface area contributed by atoms with E-state index in [4.69, 9.17) is 0 Å². The summed E-state index contributed by atoms with van der Waals surface area (Å²) >= 11 is 0. The number of aromatic nitrogens is 2. The number of anilines is 1. The van der Waals surface area contributed by atoms with Crippen LogP contribution in [0.25, 0.3) is 5.65 Å². The van der Waals surface area contributed by atoms with Crippen molar-refractivity contribution in [3.63, 3.8) is 0 Å². The summed E-state index contributed by atoms with van der Waals surface area (Å²) in [7, 11) is 0. The maximum atomic E-state index is 12.3. The van der Waals surface area contributed by atoms with Crippen LogP contribution in [-0.2, 0) is 0 Å². The van der Waals surface area contributed by atoms with Gasteiger partial charge in [0.15, 0.2) is 5.78 Å². The molecule has 1 amide bonds. The van der Waals surface area contributed by atoms with Crippen molar-refractivity contribution in [2.75, 3.05) is 5.32 Å². The lowest BCUT2D eigenvalue weighted by atomic mass is 10.1. The van der Waals surface area contributed by atoms with Crippen LogP contribution in [0.1, 0.15) is 27.6 Å². The van der Waals surface area contributed by atoms with E-state index >= 15 is 0 Å².